The Morgan fingerprint density at radius 2 is 1.15 bits per heavy atom. The molecule has 2 aromatic rings. The molecule has 0 aromatic carbocycles. The molecule has 1 saturated heterocycles. The number of nitriles is 2. The number of aromatic nitrogens is 2. The van der Waals surface area contributed by atoms with E-state index in [-0.39, 0.29) is 28.6 Å². The van der Waals surface area contributed by atoms with Gasteiger partial charge in [0.1, 0.15) is 23.3 Å². The molecule has 7 nitrogen and oxygen atoms in total. The van der Waals surface area contributed by atoms with E-state index in [2.05, 4.69) is 20.9 Å². The largest absolute Gasteiger partial charge is 0.370 e. The lowest BCUT2D eigenvalue weighted by Gasteiger charge is -2.34. The Hall–Kier alpha value is -3.81. The van der Waals surface area contributed by atoms with E-state index < -0.39 is 0 Å². The summed E-state index contributed by atoms with van der Waals surface area (Å²) in [6.45, 7) is 1.85. The normalized spacial score (nSPS) is 18.4. The fourth-order valence-corrected chi connectivity index (χ4v) is 5.69. The van der Waals surface area contributed by atoms with Crippen LogP contribution in [0.2, 0.25) is 0 Å². The molecular formula is C31H32ClN5O2. The Morgan fingerprint density at radius 3 is 1.69 bits per heavy atom. The van der Waals surface area contributed by atoms with Crippen LogP contribution in [-0.4, -0.2) is 39.5 Å². The summed E-state index contributed by atoms with van der Waals surface area (Å²) in [6.07, 6.45) is 19.6. The molecule has 2 aromatic heterocycles. The Balaban J connectivity index is 0.000000154. The molecule has 0 amide bonds. The summed E-state index contributed by atoms with van der Waals surface area (Å²) in [5.74, 6) is -0.318. The van der Waals surface area contributed by atoms with Crippen molar-refractivity contribution in [1.29, 1.82) is 10.5 Å². The molecule has 3 aliphatic carbocycles. The fraction of sp³-hybridized carbons (Fsp3) is 0.419. The van der Waals surface area contributed by atoms with Gasteiger partial charge in [0, 0.05) is 61.8 Å². The molecule has 0 N–H and O–H groups in total. The Labute approximate surface area is 234 Å². The van der Waals surface area contributed by atoms with Gasteiger partial charge in [0.2, 0.25) is 0 Å². The maximum Gasteiger partial charge on any atom is 0.179 e. The van der Waals surface area contributed by atoms with Gasteiger partial charge in [-0.2, -0.15) is 10.5 Å². The van der Waals surface area contributed by atoms with Crippen molar-refractivity contribution < 1.29 is 9.59 Å². The number of rotatable bonds is 1. The highest BCUT2D eigenvalue weighted by atomic mass is 35.5. The zero-order valence-electron chi connectivity index (χ0n) is 22.1. The van der Waals surface area contributed by atoms with Crippen molar-refractivity contribution in [3.05, 3.63) is 70.3 Å². The highest BCUT2D eigenvalue weighted by Crippen LogP contribution is 2.33. The first-order valence-electron chi connectivity index (χ1n) is 13.7. The standard InChI is InChI=1S/C15H15N3O.C10H5ClN2O.C6H12/c16-9-13-14(19)8-11-10-17-5-4-12(11)15(13)18-6-2-1-3-7-18;11-10-7-1-2-13-5-6(7)3-9(14)8(10)4-12;1-2-4-6-5-3-1/h4-5,10H,1-3,6-8H2;1-2,5H,3H2;1-6H2. The van der Waals surface area contributed by atoms with Crippen molar-refractivity contribution in [2.24, 2.45) is 0 Å². The molecule has 3 heterocycles. The van der Waals surface area contributed by atoms with Crippen molar-refractivity contribution in [3.8, 4) is 12.1 Å². The summed E-state index contributed by atoms with van der Waals surface area (Å²) in [4.78, 5) is 33.7. The zero-order valence-corrected chi connectivity index (χ0v) is 22.8. The highest BCUT2D eigenvalue weighted by Gasteiger charge is 2.29. The Kier molecular flexibility index (Phi) is 10.00. The van der Waals surface area contributed by atoms with Crippen LogP contribution in [0.25, 0.3) is 10.7 Å². The van der Waals surface area contributed by atoms with Crippen LogP contribution in [0.15, 0.2) is 48.1 Å². The number of carbonyl (C=O) groups excluding carboxylic acids is 2. The molecule has 1 saturated carbocycles. The summed E-state index contributed by atoms with van der Waals surface area (Å²) in [7, 11) is 0. The van der Waals surface area contributed by atoms with Crippen LogP contribution in [0.4, 0.5) is 0 Å². The third-order valence-corrected chi connectivity index (χ3v) is 7.80. The number of hydrogen-bond acceptors (Lipinski definition) is 7. The predicted molar refractivity (Wildman–Crippen MR) is 150 cm³/mol. The highest BCUT2D eigenvalue weighted by molar-refractivity contribution is 6.52. The number of allylic oxidation sites excluding steroid dienone is 2. The molecule has 6 rings (SSSR count). The first kappa shape index (κ1) is 28.2. The molecule has 0 spiro atoms. The molecule has 0 atom stereocenters. The summed E-state index contributed by atoms with van der Waals surface area (Å²) in [6, 6.07) is 7.56. The fourth-order valence-electron chi connectivity index (χ4n) is 5.36. The minimum atomic E-state index is -0.238. The molecule has 2 fully saturated rings. The lowest BCUT2D eigenvalue weighted by molar-refractivity contribution is -0.115. The van der Waals surface area contributed by atoms with Gasteiger partial charge in [0.05, 0.1) is 10.7 Å². The van der Waals surface area contributed by atoms with Crippen LogP contribution in [0.3, 0.4) is 0 Å². The average Bonchev–Trinajstić information content (AvgIpc) is 2.99. The van der Waals surface area contributed by atoms with E-state index in [0.29, 0.717) is 12.0 Å². The summed E-state index contributed by atoms with van der Waals surface area (Å²) < 4.78 is 0. The predicted octanol–water partition coefficient (Wildman–Crippen LogP) is 5.95. The number of halogens is 1. The van der Waals surface area contributed by atoms with Gasteiger partial charge in [-0.15, -0.1) is 0 Å². The molecule has 200 valence electrons. The van der Waals surface area contributed by atoms with Gasteiger partial charge >= 0.3 is 0 Å². The Bertz CT molecular complexity index is 1360. The minimum absolute atomic E-state index is 0.0466. The van der Waals surface area contributed by atoms with Crippen molar-refractivity contribution in [2.75, 3.05) is 13.1 Å². The number of fused-ring (bicyclic) bond motifs is 2. The van der Waals surface area contributed by atoms with Gasteiger partial charge in [-0.1, -0.05) is 50.1 Å². The second kappa shape index (κ2) is 13.8. The first-order chi connectivity index (χ1) is 19.0. The quantitative estimate of drug-likeness (QED) is 0.438. The maximum atomic E-state index is 12.1. The van der Waals surface area contributed by atoms with Gasteiger partial charge in [-0.3, -0.25) is 19.6 Å². The van der Waals surface area contributed by atoms with Gasteiger partial charge in [0.25, 0.3) is 0 Å². The maximum absolute atomic E-state index is 12.1. The number of carbonyl (C=O) groups is 2. The zero-order chi connectivity index (χ0) is 27.6. The van der Waals surface area contributed by atoms with Crippen LogP contribution in [-0.2, 0) is 22.4 Å². The van der Waals surface area contributed by atoms with E-state index in [1.165, 1.54) is 44.9 Å². The summed E-state index contributed by atoms with van der Waals surface area (Å²) in [5.41, 5.74) is 4.65. The second-order valence-electron chi connectivity index (χ2n) is 10.1. The molecule has 8 heteroatoms. The topological polar surface area (TPSA) is 111 Å². The van der Waals surface area contributed by atoms with E-state index in [1.54, 1.807) is 30.9 Å². The molecule has 1 aliphatic heterocycles. The Morgan fingerprint density at radius 1 is 0.692 bits per heavy atom. The van der Waals surface area contributed by atoms with E-state index in [4.69, 9.17) is 16.9 Å². The molecular weight excluding hydrogens is 510 g/mol. The number of ketones is 2. The molecule has 0 bridgehead atoms. The van der Waals surface area contributed by atoms with Crippen molar-refractivity contribution in [2.45, 2.75) is 70.6 Å². The number of nitrogens with zero attached hydrogens (tertiary/aromatic N) is 5. The second-order valence-corrected chi connectivity index (χ2v) is 10.4. The van der Waals surface area contributed by atoms with Crippen LogP contribution in [0.1, 0.15) is 80.0 Å². The molecule has 39 heavy (non-hydrogen) atoms. The van der Waals surface area contributed by atoms with Gasteiger partial charge < -0.3 is 4.90 Å². The van der Waals surface area contributed by atoms with Gasteiger partial charge in [-0.25, -0.2) is 0 Å². The summed E-state index contributed by atoms with van der Waals surface area (Å²) >= 11 is 5.92. The van der Waals surface area contributed by atoms with Crippen molar-refractivity contribution in [1.82, 2.24) is 14.9 Å². The smallest absolute Gasteiger partial charge is 0.179 e. The molecule has 0 unspecified atom stereocenters. The number of Topliss-reactive ketones (excluding diaryl/α,β-unsaturated/α-hetero) is 2. The molecule has 4 aliphatic rings. The number of piperidine rings is 1. The van der Waals surface area contributed by atoms with E-state index in [0.717, 1.165) is 53.9 Å². The van der Waals surface area contributed by atoms with E-state index in [1.807, 2.05) is 12.1 Å². The van der Waals surface area contributed by atoms with Gasteiger partial charge in [-0.05, 0) is 42.5 Å². The number of hydrogen-bond donors (Lipinski definition) is 0. The van der Waals surface area contributed by atoms with Crippen LogP contribution < -0.4 is 0 Å². The van der Waals surface area contributed by atoms with Crippen LogP contribution in [0, 0.1) is 22.7 Å². The number of pyridine rings is 2. The molecule has 0 radical (unpaired) electrons. The average molecular weight is 542 g/mol. The van der Waals surface area contributed by atoms with E-state index in [9.17, 15) is 14.9 Å². The van der Waals surface area contributed by atoms with Crippen LogP contribution in [0.5, 0.6) is 0 Å². The lowest BCUT2D eigenvalue weighted by atomic mass is 9.88. The van der Waals surface area contributed by atoms with Crippen LogP contribution >= 0.6 is 11.6 Å². The third-order valence-electron chi connectivity index (χ3n) is 7.41. The minimum Gasteiger partial charge on any atom is -0.370 e. The third kappa shape index (κ3) is 6.80. The van der Waals surface area contributed by atoms with Crippen molar-refractivity contribution in [3.63, 3.8) is 0 Å². The SMILES string of the molecule is C1CCCCC1.N#CC1=C(Cl)c2ccncc2CC1=O.N#CC1=C(N2CCCCC2)c2ccncc2CC1=O. The monoisotopic (exact) mass is 541 g/mol. The number of likely N-dealkylation sites (tertiary alicyclic amines) is 1. The van der Waals surface area contributed by atoms with Crippen molar-refractivity contribution >= 4 is 33.9 Å². The first-order valence-corrected chi connectivity index (χ1v) is 14.0. The summed E-state index contributed by atoms with van der Waals surface area (Å²) in [5, 5.41) is 18.3. The van der Waals surface area contributed by atoms with Gasteiger partial charge in [0.15, 0.2) is 11.6 Å². The lowest BCUT2D eigenvalue weighted by Crippen LogP contribution is -2.32. The van der Waals surface area contributed by atoms with E-state index >= 15 is 0 Å².